The Bertz CT molecular complexity index is 499. The molecule has 6 heteroatoms. The second-order valence-electron chi connectivity index (χ2n) is 5.73. The fourth-order valence-corrected chi connectivity index (χ4v) is 3.55. The summed E-state index contributed by atoms with van der Waals surface area (Å²) >= 11 is 0. The fourth-order valence-electron chi connectivity index (χ4n) is 3.55. The lowest BCUT2D eigenvalue weighted by Gasteiger charge is -2.35. The van der Waals surface area contributed by atoms with Crippen molar-refractivity contribution in [1.29, 1.82) is 0 Å². The Balaban J connectivity index is 1.98. The third-order valence-electron chi connectivity index (χ3n) is 4.59. The van der Waals surface area contributed by atoms with Crippen LogP contribution in [0.2, 0.25) is 0 Å². The van der Waals surface area contributed by atoms with Crippen molar-refractivity contribution in [3.63, 3.8) is 0 Å². The molecule has 1 N–H and O–H groups in total. The van der Waals surface area contributed by atoms with Crippen LogP contribution in [0.4, 0.5) is 0 Å². The first-order valence-electron chi connectivity index (χ1n) is 7.63. The van der Waals surface area contributed by atoms with E-state index in [1.807, 2.05) is 4.57 Å². The van der Waals surface area contributed by atoms with Crippen molar-refractivity contribution in [2.45, 2.75) is 57.5 Å². The summed E-state index contributed by atoms with van der Waals surface area (Å²) in [5.74, 6) is 0.958. The molecule has 1 saturated heterocycles. The number of likely N-dealkylation sites (tertiary alicyclic amines) is 1. The lowest BCUT2D eigenvalue weighted by atomic mass is 9.99. The zero-order valence-corrected chi connectivity index (χ0v) is 12.0. The molecule has 2 aliphatic heterocycles. The van der Waals surface area contributed by atoms with E-state index in [1.54, 1.807) is 0 Å². The van der Waals surface area contributed by atoms with Crippen molar-refractivity contribution < 1.29 is 9.90 Å². The Labute approximate surface area is 118 Å². The van der Waals surface area contributed by atoms with E-state index < -0.39 is 12.0 Å². The average molecular weight is 278 g/mol. The van der Waals surface area contributed by atoms with E-state index in [0.717, 1.165) is 44.0 Å². The summed E-state index contributed by atoms with van der Waals surface area (Å²) < 4.78 is 1.91. The minimum absolute atomic E-state index is 0.231. The van der Waals surface area contributed by atoms with Crippen molar-refractivity contribution in [3.05, 3.63) is 11.6 Å². The molecule has 0 amide bonds. The number of hydrogen-bond acceptors (Lipinski definition) is 4. The van der Waals surface area contributed by atoms with Gasteiger partial charge in [-0.3, -0.25) is 9.47 Å². The zero-order chi connectivity index (χ0) is 14.1. The van der Waals surface area contributed by atoms with Crippen LogP contribution in [-0.4, -0.2) is 43.8 Å². The van der Waals surface area contributed by atoms with Gasteiger partial charge >= 0.3 is 5.97 Å². The Morgan fingerprint density at radius 2 is 2.15 bits per heavy atom. The van der Waals surface area contributed by atoms with Crippen LogP contribution in [0, 0.1) is 0 Å². The molecule has 110 valence electrons. The summed E-state index contributed by atoms with van der Waals surface area (Å²) in [7, 11) is 0. The normalized spacial score (nSPS) is 27.2. The van der Waals surface area contributed by atoms with Crippen molar-refractivity contribution in [3.8, 4) is 0 Å². The Hall–Kier alpha value is -1.43. The van der Waals surface area contributed by atoms with Crippen LogP contribution in [0.1, 0.15) is 62.8 Å². The number of fused-ring (bicyclic) bond motifs is 1. The third-order valence-corrected chi connectivity index (χ3v) is 4.59. The standard InChI is InChI=1S/C14H22N4O2/c1-2-17-9-4-3-6-10(17)13-16-15-12-8-5-7-11(14(19)20)18(12)13/h10-11H,2-9H2,1H3,(H,19,20). The van der Waals surface area contributed by atoms with Crippen molar-refractivity contribution in [1.82, 2.24) is 19.7 Å². The summed E-state index contributed by atoms with van der Waals surface area (Å²) in [6.07, 6.45) is 5.87. The molecule has 1 fully saturated rings. The smallest absolute Gasteiger partial charge is 0.326 e. The molecule has 3 heterocycles. The second-order valence-corrected chi connectivity index (χ2v) is 5.73. The summed E-state index contributed by atoms with van der Waals surface area (Å²) in [6.45, 7) is 4.20. The number of carboxylic acids is 1. The number of nitrogens with zero attached hydrogens (tertiary/aromatic N) is 4. The highest BCUT2D eigenvalue weighted by atomic mass is 16.4. The molecule has 0 bridgehead atoms. The van der Waals surface area contributed by atoms with Crippen LogP contribution in [-0.2, 0) is 11.2 Å². The molecule has 0 saturated carbocycles. The number of rotatable bonds is 3. The minimum Gasteiger partial charge on any atom is -0.480 e. The van der Waals surface area contributed by atoms with Gasteiger partial charge in [0.15, 0.2) is 5.82 Å². The predicted octanol–water partition coefficient (Wildman–Crippen LogP) is 1.79. The first-order valence-corrected chi connectivity index (χ1v) is 7.63. The SMILES string of the molecule is CCN1CCCCC1c1nnc2n1C(C(=O)O)CCC2. The number of aliphatic carboxylic acids is 1. The van der Waals surface area contributed by atoms with E-state index in [2.05, 4.69) is 22.0 Å². The Morgan fingerprint density at radius 1 is 1.30 bits per heavy atom. The second kappa shape index (κ2) is 5.52. The van der Waals surface area contributed by atoms with Crippen molar-refractivity contribution >= 4 is 5.97 Å². The van der Waals surface area contributed by atoms with E-state index in [1.165, 1.54) is 12.8 Å². The predicted molar refractivity (Wildman–Crippen MR) is 73.5 cm³/mol. The zero-order valence-electron chi connectivity index (χ0n) is 12.0. The van der Waals surface area contributed by atoms with Crippen LogP contribution in [0.5, 0.6) is 0 Å². The van der Waals surface area contributed by atoms with Crippen molar-refractivity contribution in [2.24, 2.45) is 0 Å². The summed E-state index contributed by atoms with van der Waals surface area (Å²) in [6, 6.07) is -0.251. The molecule has 2 atom stereocenters. The van der Waals surface area contributed by atoms with Gasteiger partial charge in [0.25, 0.3) is 0 Å². The van der Waals surface area contributed by atoms with E-state index in [4.69, 9.17) is 0 Å². The summed E-state index contributed by atoms with van der Waals surface area (Å²) in [5.41, 5.74) is 0. The molecule has 1 aromatic rings. The quantitative estimate of drug-likeness (QED) is 0.912. The molecule has 0 spiro atoms. The van der Waals surface area contributed by atoms with Gasteiger partial charge in [0.2, 0.25) is 0 Å². The average Bonchev–Trinajstić information content (AvgIpc) is 2.90. The van der Waals surface area contributed by atoms with Crippen LogP contribution >= 0.6 is 0 Å². The molecule has 0 aliphatic carbocycles. The number of aryl methyl sites for hydroxylation is 1. The molecule has 0 radical (unpaired) electrons. The Morgan fingerprint density at radius 3 is 2.90 bits per heavy atom. The first kappa shape index (κ1) is 13.5. The van der Waals surface area contributed by atoms with Gasteiger partial charge in [-0.15, -0.1) is 10.2 Å². The number of aromatic nitrogens is 3. The van der Waals surface area contributed by atoms with Crippen LogP contribution in [0.15, 0.2) is 0 Å². The van der Waals surface area contributed by atoms with E-state index in [9.17, 15) is 9.90 Å². The summed E-state index contributed by atoms with van der Waals surface area (Å²) in [4.78, 5) is 13.9. The fraction of sp³-hybridized carbons (Fsp3) is 0.786. The highest BCUT2D eigenvalue weighted by Crippen LogP contribution is 2.34. The number of carboxylic acid groups (broad SMARTS) is 1. The minimum atomic E-state index is -0.758. The lowest BCUT2D eigenvalue weighted by Crippen LogP contribution is -2.36. The molecule has 2 unspecified atom stereocenters. The van der Waals surface area contributed by atoms with E-state index >= 15 is 0 Å². The van der Waals surface area contributed by atoms with Crippen LogP contribution < -0.4 is 0 Å². The van der Waals surface area contributed by atoms with E-state index in [-0.39, 0.29) is 6.04 Å². The Kier molecular flexibility index (Phi) is 3.74. The van der Waals surface area contributed by atoms with Gasteiger partial charge in [0.05, 0.1) is 6.04 Å². The molecular weight excluding hydrogens is 256 g/mol. The highest BCUT2D eigenvalue weighted by Gasteiger charge is 2.34. The molecule has 1 aromatic heterocycles. The molecule has 6 nitrogen and oxygen atoms in total. The molecule has 2 aliphatic rings. The molecular formula is C14H22N4O2. The number of carbonyl (C=O) groups is 1. The van der Waals surface area contributed by atoms with Gasteiger partial charge in [-0.25, -0.2) is 4.79 Å². The monoisotopic (exact) mass is 278 g/mol. The number of piperidine rings is 1. The van der Waals surface area contributed by atoms with Crippen LogP contribution in [0.3, 0.4) is 0 Å². The van der Waals surface area contributed by atoms with Gasteiger partial charge in [-0.2, -0.15) is 0 Å². The number of hydrogen-bond donors (Lipinski definition) is 1. The molecule has 20 heavy (non-hydrogen) atoms. The maximum atomic E-state index is 11.5. The van der Waals surface area contributed by atoms with Gasteiger partial charge in [0.1, 0.15) is 11.9 Å². The van der Waals surface area contributed by atoms with Gasteiger partial charge < -0.3 is 5.11 Å². The largest absolute Gasteiger partial charge is 0.480 e. The lowest BCUT2D eigenvalue weighted by molar-refractivity contribution is -0.141. The summed E-state index contributed by atoms with van der Waals surface area (Å²) in [5, 5.41) is 18.1. The molecule has 3 rings (SSSR count). The maximum Gasteiger partial charge on any atom is 0.326 e. The van der Waals surface area contributed by atoms with Gasteiger partial charge in [-0.05, 0) is 38.8 Å². The third kappa shape index (κ3) is 2.22. The van der Waals surface area contributed by atoms with Gasteiger partial charge in [0, 0.05) is 6.42 Å². The maximum absolute atomic E-state index is 11.5. The topological polar surface area (TPSA) is 71.2 Å². The first-order chi connectivity index (χ1) is 9.72. The highest BCUT2D eigenvalue weighted by molar-refractivity contribution is 5.72. The van der Waals surface area contributed by atoms with Gasteiger partial charge in [-0.1, -0.05) is 13.3 Å². The van der Waals surface area contributed by atoms with Crippen molar-refractivity contribution in [2.75, 3.05) is 13.1 Å². The molecule has 0 aromatic carbocycles. The van der Waals surface area contributed by atoms with Crippen LogP contribution in [0.25, 0.3) is 0 Å². The van der Waals surface area contributed by atoms with E-state index in [0.29, 0.717) is 6.42 Å².